The SMILES string of the molecule is O=S(Cc1nc2ccc(Cl)cc2[nH]1)c1ccccn1. The highest BCUT2D eigenvalue weighted by molar-refractivity contribution is 7.84. The van der Waals surface area contributed by atoms with Crippen LogP contribution < -0.4 is 0 Å². The Kier molecular flexibility index (Phi) is 3.31. The van der Waals surface area contributed by atoms with Crippen molar-refractivity contribution >= 4 is 33.4 Å². The van der Waals surface area contributed by atoms with Crippen molar-refractivity contribution in [1.82, 2.24) is 15.0 Å². The number of fused-ring (bicyclic) bond motifs is 1. The summed E-state index contributed by atoms with van der Waals surface area (Å²) in [5.41, 5.74) is 1.66. The van der Waals surface area contributed by atoms with E-state index in [0.29, 0.717) is 21.6 Å². The monoisotopic (exact) mass is 291 g/mol. The number of nitrogens with one attached hydrogen (secondary N) is 1. The van der Waals surface area contributed by atoms with E-state index < -0.39 is 10.8 Å². The number of pyridine rings is 1. The number of aromatic nitrogens is 3. The van der Waals surface area contributed by atoms with Gasteiger partial charge in [0.05, 0.1) is 27.6 Å². The second-order valence-electron chi connectivity index (χ2n) is 4.00. The molecule has 2 aromatic heterocycles. The number of benzene rings is 1. The minimum atomic E-state index is -1.20. The highest BCUT2D eigenvalue weighted by Gasteiger charge is 2.10. The highest BCUT2D eigenvalue weighted by Crippen LogP contribution is 2.18. The number of hydrogen-bond donors (Lipinski definition) is 1. The molecule has 2 heterocycles. The topological polar surface area (TPSA) is 58.6 Å². The zero-order valence-electron chi connectivity index (χ0n) is 9.84. The van der Waals surface area contributed by atoms with Crippen LogP contribution in [0.3, 0.4) is 0 Å². The molecule has 1 unspecified atom stereocenters. The molecule has 1 aromatic carbocycles. The van der Waals surface area contributed by atoms with Gasteiger partial charge in [-0.3, -0.25) is 4.21 Å². The molecule has 0 aliphatic carbocycles. The van der Waals surface area contributed by atoms with E-state index in [4.69, 9.17) is 11.6 Å². The van der Waals surface area contributed by atoms with Crippen LogP contribution in [0, 0.1) is 0 Å². The van der Waals surface area contributed by atoms with Gasteiger partial charge in [-0.2, -0.15) is 0 Å². The fraction of sp³-hybridized carbons (Fsp3) is 0.0769. The Morgan fingerprint density at radius 1 is 1.26 bits per heavy atom. The molecular formula is C13H10ClN3OS. The van der Waals surface area contributed by atoms with Crippen molar-refractivity contribution in [3.8, 4) is 0 Å². The Hall–Kier alpha value is -1.72. The lowest BCUT2D eigenvalue weighted by atomic mass is 10.3. The molecule has 0 bridgehead atoms. The summed E-state index contributed by atoms with van der Waals surface area (Å²) < 4.78 is 12.1. The molecule has 0 aliphatic heterocycles. The van der Waals surface area contributed by atoms with E-state index in [2.05, 4.69) is 15.0 Å². The van der Waals surface area contributed by atoms with Gasteiger partial charge in [0.1, 0.15) is 10.9 Å². The summed E-state index contributed by atoms with van der Waals surface area (Å²) in [6.07, 6.45) is 1.63. The summed E-state index contributed by atoms with van der Waals surface area (Å²) in [6.45, 7) is 0. The first-order valence-corrected chi connectivity index (χ1v) is 7.35. The lowest BCUT2D eigenvalue weighted by Crippen LogP contribution is -1.99. The van der Waals surface area contributed by atoms with Crippen LogP contribution in [0.4, 0.5) is 0 Å². The first-order chi connectivity index (χ1) is 9.22. The van der Waals surface area contributed by atoms with E-state index in [1.807, 2.05) is 12.1 Å². The predicted molar refractivity (Wildman–Crippen MR) is 75.5 cm³/mol. The zero-order valence-corrected chi connectivity index (χ0v) is 11.4. The molecule has 0 radical (unpaired) electrons. The number of nitrogens with zero attached hydrogens (tertiary/aromatic N) is 2. The zero-order chi connectivity index (χ0) is 13.2. The summed E-state index contributed by atoms with van der Waals surface area (Å²) >= 11 is 5.91. The summed E-state index contributed by atoms with van der Waals surface area (Å²) in [5, 5.41) is 1.20. The van der Waals surface area contributed by atoms with Gasteiger partial charge in [-0.1, -0.05) is 17.7 Å². The smallest absolute Gasteiger partial charge is 0.127 e. The highest BCUT2D eigenvalue weighted by atomic mass is 35.5. The summed E-state index contributed by atoms with van der Waals surface area (Å²) in [5.74, 6) is 0.977. The average Bonchev–Trinajstić information content (AvgIpc) is 2.81. The first kappa shape index (κ1) is 12.3. The quantitative estimate of drug-likeness (QED) is 0.807. The van der Waals surface area contributed by atoms with Crippen molar-refractivity contribution in [2.45, 2.75) is 10.8 Å². The van der Waals surface area contributed by atoms with Crippen LogP contribution in [0.1, 0.15) is 5.82 Å². The standard InChI is InChI=1S/C13H10ClN3OS/c14-9-4-5-10-11(7-9)17-12(16-10)8-19(18)13-3-1-2-6-15-13/h1-7H,8H2,(H,16,17). The molecule has 0 amide bonds. The minimum absolute atomic E-state index is 0.309. The van der Waals surface area contributed by atoms with E-state index in [9.17, 15) is 4.21 Å². The van der Waals surface area contributed by atoms with Crippen LogP contribution in [0.5, 0.6) is 0 Å². The number of rotatable bonds is 3. The van der Waals surface area contributed by atoms with E-state index in [0.717, 1.165) is 11.0 Å². The molecule has 4 nitrogen and oxygen atoms in total. The molecule has 0 spiro atoms. The van der Waals surface area contributed by atoms with Gasteiger partial charge in [0, 0.05) is 11.2 Å². The maximum atomic E-state index is 12.1. The maximum absolute atomic E-state index is 12.1. The van der Waals surface area contributed by atoms with Gasteiger partial charge in [-0.25, -0.2) is 9.97 Å². The third-order valence-corrected chi connectivity index (χ3v) is 4.11. The van der Waals surface area contributed by atoms with Crippen LogP contribution in [-0.2, 0) is 16.6 Å². The van der Waals surface area contributed by atoms with Crippen molar-refractivity contribution in [2.24, 2.45) is 0 Å². The number of hydrogen-bond acceptors (Lipinski definition) is 3. The molecule has 19 heavy (non-hydrogen) atoms. The third-order valence-electron chi connectivity index (χ3n) is 2.63. The Bertz CT molecular complexity index is 742. The van der Waals surface area contributed by atoms with E-state index in [1.165, 1.54) is 0 Å². The van der Waals surface area contributed by atoms with Crippen molar-refractivity contribution in [2.75, 3.05) is 0 Å². The van der Waals surface area contributed by atoms with Gasteiger partial charge in [-0.05, 0) is 30.3 Å². The van der Waals surface area contributed by atoms with Crippen molar-refractivity contribution in [3.05, 3.63) is 53.4 Å². The fourth-order valence-electron chi connectivity index (χ4n) is 1.78. The molecule has 0 fully saturated rings. The molecule has 6 heteroatoms. The second kappa shape index (κ2) is 5.11. The van der Waals surface area contributed by atoms with Crippen molar-refractivity contribution in [1.29, 1.82) is 0 Å². The summed E-state index contributed by atoms with van der Waals surface area (Å²) in [7, 11) is -1.20. The van der Waals surface area contributed by atoms with Gasteiger partial charge in [0.15, 0.2) is 0 Å². The van der Waals surface area contributed by atoms with Crippen LogP contribution in [0.15, 0.2) is 47.6 Å². The number of H-pyrrole nitrogens is 1. The van der Waals surface area contributed by atoms with Crippen molar-refractivity contribution < 1.29 is 4.21 Å². The Balaban J connectivity index is 1.87. The van der Waals surface area contributed by atoms with Gasteiger partial charge in [0.2, 0.25) is 0 Å². The van der Waals surface area contributed by atoms with Gasteiger partial charge >= 0.3 is 0 Å². The normalized spacial score (nSPS) is 12.7. The average molecular weight is 292 g/mol. The second-order valence-corrected chi connectivity index (χ2v) is 5.84. The first-order valence-electron chi connectivity index (χ1n) is 5.66. The van der Waals surface area contributed by atoms with Crippen LogP contribution >= 0.6 is 11.6 Å². The molecule has 1 N–H and O–H groups in total. The Morgan fingerprint density at radius 3 is 2.95 bits per heavy atom. The Morgan fingerprint density at radius 2 is 2.16 bits per heavy atom. The lowest BCUT2D eigenvalue weighted by Gasteiger charge is -1.97. The lowest BCUT2D eigenvalue weighted by molar-refractivity contribution is 0.679. The van der Waals surface area contributed by atoms with Gasteiger partial charge in [0.25, 0.3) is 0 Å². The Labute approximate surface area is 117 Å². The number of aromatic amines is 1. The fourth-order valence-corrected chi connectivity index (χ4v) is 2.90. The number of halogens is 1. The molecule has 3 aromatic rings. The van der Waals surface area contributed by atoms with Crippen molar-refractivity contribution in [3.63, 3.8) is 0 Å². The van der Waals surface area contributed by atoms with Crippen LogP contribution in [0.2, 0.25) is 5.02 Å². The molecule has 0 saturated carbocycles. The predicted octanol–water partition coefficient (Wildman–Crippen LogP) is 2.92. The molecule has 1 atom stereocenters. The maximum Gasteiger partial charge on any atom is 0.127 e. The van der Waals surface area contributed by atoms with Gasteiger partial charge in [-0.15, -0.1) is 0 Å². The van der Waals surface area contributed by atoms with E-state index in [1.54, 1.807) is 30.5 Å². The van der Waals surface area contributed by atoms with Crippen LogP contribution in [0.25, 0.3) is 11.0 Å². The van der Waals surface area contributed by atoms with E-state index in [-0.39, 0.29) is 0 Å². The number of imidazole rings is 1. The van der Waals surface area contributed by atoms with E-state index >= 15 is 0 Å². The molecule has 96 valence electrons. The summed E-state index contributed by atoms with van der Waals surface area (Å²) in [4.78, 5) is 11.6. The van der Waals surface area contributed by atoms with Gasteiger partial charge < -0.3 is 4.98 Å². The molecule has 0 saturated heterocycles. The third kappa shape index (κ3) is 2.67. The minimum Gasteiger partial charge on any atom is -0.341 e. The summed E-state index contributed by atoms with van der Waals surface area (Å²) in [6, 6.07) is 10.8. The largest absolute Gasteiger partial charge is 0.341 e. The van der Waals surface area contributed by atoms with Crippen LogP contribution in [-0.4, -0.2) is 19.2 Å². The molecule has 0 aliphatic rings. The molecule has 3 rings (SSSR count). The molecular weight excluding hydrogens is 282 g/mol.